The molecule has 1 heterocycles. The molecule has 2 aromatic rings. The molecule has 0 N–H and O–H groups in total. The largest absolute Gasteiger partial charge is 0.545 e. The van der Waals surface area contributed by atoms with Crippen molar-refractivity contribution in [3.05, 3.63) is 65.7 Å². The van der Waals surface area contributed by atoms with Gasteiger partial charge in [-0.1, -0.05) is 42.5 Å². The van der Waals surface area contributed by atoms with Crippen molar-refractivity contribution in [2.24, 2.45) is 5.10 Å². The van der Waals surface area contributed by atoms with E-state index in [1.165, 1.54) is 12.3 Å². The average molecular weight is 338 g/mol. The minimum Gasteiger partial charge on any atom is -0.545 e. The van der Waals surface area contributed by atoms with E-state index >= 15 is 0 Å². The Morgan fingerprint density at radius 2 is 1.79 bits per heavy atom. The average Bonchev–Trinajstić information content (AvgIpc) is 2.88. The van der Waals surface area contributed by atoms with Gasteiger partial charge < -0.3 is 14.8 Å². The van der Waals surface area contributed by atoms with Gasteiger partial charge in [0.25, 0.3) is 5.91 Å². The Kier molecular flexibility index (Phi) is 4.35. The molecule has 1 aliphatic heterocycles. The van der Waals surface area contributed by atoms with Crippen LogP contribution in [0.1, 0.15) is 15.9 Å². The fourth-order valence-corrected chi connectivity index (χ4v) is 2.65. The van der Waals surface area contributed by atoms with Gasteiger partial charge in [0.15, 0.2) is 0 Å². The smallest absolute Gasteiger partial charge is 0.269 e. The first-order valence-electron chi connectivity index (χ1n) is 7.12. The number of carboxylic acids is 1. The normalized spacial score (nSPS) is 14.7. The standard InChI is InChI=1S/C17H13N3O3S/c21-15-11-19(13-7-2-1-3-8-13)17(24)20(15)18-10-12-6-4-5-9-14(12)16(22)23/h1-10H,11H2,(H,22,23)/p-1/b18-10-. The van der Waals surface area contributed by atoms with Crippen LogP contribution < -0.4 is 10.0 Å². The number of thiocarbonyl (C=S) groups is 1. The topological polar surface area (TPSA) is 76.0 Å². The van der Waals surface area contributed by atoms with E-state index in [2.05, 4.69) is 5.10 Å². The summed E-state index contributed by atoms with van der Waals surface area (Å²) in [6.45, 7) is 0.0856. The van der Waals surface area contributed by atoms with E-state index in [9.17, 15) is 14.7 Å². The lowest BCUT2D eigenvalue weighted by atomic mass is 10.1. The molecule has 1 fully saturated rings. The van der Waals surface area contributed by atoms with Gasteiger partial charge in [-0.05, 0) is 24.4 Å². The molecule has 0 unspecified atom stereocenters. The number of carbonyl (C=O) groups is 2. The first-order chi connectivity index (χ1) is 11.6. The minimum absolute atomic E-state index is 0.00118. The fraction of sp³-hybridized carbons (Fsp3) is 0.0588. The van der Waals surface area contributed by atoms with Crippen LogP contribution >= 0.6 is 12.2 Å². The highest BCUT2D eigenvalue weighted by atomic mass is 32.1. The third-order valence-electron chi connectivity index (χ3n) is 3.50. The zero-order valence-corrected chi connectivity index (χ0v) is 13.3. The molecule has 120 valence electrons. The predicted molar refractivity (Wildman–Crippen MR) is 91.6 cm³/mol. The van der Waals surface area contributed by atoms with Crippen LogP contribution in [0.3, 0.4) is 0 Å². The Hall–Kier alpha value is -3.06. The number of anilines is 1. The summed E-state index contributed by atoms with van der Waals surface area (Å²) in [6.07, 6.45) is 1.30. The maximum Gasteiger partial charge on any atom is 0.269 e. The number of nitrogens with zero attached hydrogens (tertiary/aromatic N) is 3. The van der Waals surface area contributed by atoms with E-state index in [0.29, 0.717) is 5.56 Å². The summed E-state index contributed by atoms with van der Waals surface area (Å²) in [5, 5.41) is 16.5. The van der Waals surface area contributed by atoms with E-state index in [1.807, 2.05) is 30.3 Å². The molecule has 0 spiro atoms. The molecule has 0 bridgehead atoms. The molecule has 0 saturated carbocycles. The number of amides is 1. The Morgan fingerprint density at radius 3 is 2.50 bits per heavy atom. The van der Waals surface area contributed by atoms with Crippen LogP contribution in [0.4, 0.5) is 5.69 Å². The molecule has 3 rings (SSSR count). The van der Waals surface area contributed by atoms with Crippen molar-refractivity contribution in [1.82, 2.24) is 5.01 Å². The molecule has 7 heteroatoms. The SMILES string of the molecule is O=C([O-])c1ccccc1/C=N\N1C(=O)CN(c2ccccc2)C1=S. The summed E-state index contributed by atoms with van der Waals surface area (Å²) < 4.78 is 0. The highest BCUT2D eigenvalue weighted by molar-refractivity contribution is 7.80. The summed E-state index contributed by atoms with van der Waals surface area (Å²) >= 11 is 5.31. The number of hydrogen-bond donors (Lipinski definition) is 0. The molecule has 1 saturated heterocycles. The first-order valence-corrected chi connectivity index (χ1v) is 7.52. The highest BCUT2D eigenvalue weighted by Gasteiger charge is 2.33. The van der Waals surface area contributed by atoms with Gasteiger partial charge in [0.05, 0.1) is 12.2 Å². The van der Waals surface area contributed by atoms with Gasteiger partial charge in [-0.25, -0.2) is 0 Å². The van der Waals surface area contributed by atoms with E-state index in [1.54, 1.807) is 23.1 Å². The highest BCUT2D eigenvalue weighted by Crippen LogP contribution is 2.21. The van der Waals surface area contributed by atoms with Gasteiger partial charge in [-0.3, -0.25) is 4.79 Å². The van der Waals surface area contributed by atoms with Crippen LogP contribution in [0, 0.1) is 0 Å². The Labute approximate surface area is 143 Å². The lowest BCUT2D eigenvalue weighted by Gasteiger charge is -2.17. The first kappa shape index (κ1) is 15.8. The molecule has 0 atom stereocenters. The molecule has 0 aromatic heterocycles. The zero-order valence-electron chi connectivity index (χ0n) is 12.5. The number of carbonyl (C=O) groups excluding carboxylic acids is 2. The van der Waals surface area contributed by atoms with Crippen molar-refractivity contribution in [3.63, 3.8) is 0 Å². The Balaban J connectivity index is 1.85. The van der Waals surface area contributed by atoms with Crippen LogP contribution in [-0.2, 0) is 4.79 Å². The van der Waals surface area contributed by atoms with Crippen molar-refractivity contribution < 1.29 is 14.7 Å². The van der Waals surface area contributed by atoms with Crippen molar-refractivity contribution in [3.8, 4) is 0 Å². The second-order valence-corrected chi connectivity index (χ2v) is 5.39. The van der Waals surface area contributed by atoms with Crippen LogP contribution in [0.2, 0.25) is 0 Å². The monoisotopic (exact) mass is 338 g/mol. The summed E-state index contributed by atoms with van der Waals surface area (Å²) in [7, 11) is 0. The molecule has 24 heavy (non-hydrogen) atoms. The number of benzene rings is 2. The van der Waals surface area contributed by atoms with Crippen LogP contribution in [-0.4, -0.2) is 34.8 Å². The zero-order chi connectivity index (χ0) is 17.1. The van der Waals surface area contributed by atoms with Crippen LogP contribution in [0.5, 0.6) is 0 Å². The van der Waals surface area contributed by atoms with Crippen molar-refractivity contribution in [2.75, 3.05) is 11.4 Å². The molecular formula is C17H12N3O3S-. The van der Waals surface area contributed by atoms with Gasteiger partial charge in [0.1, 0.15) is 6.54 Å². The van der Waals surface area contributed by atoms with Crippen LogP contribution in [0.25, 0.3) is 0 Å². The Morgan fingerprint density at radius 1 is 1.12 bits per heavy atom. The van der Waals surface area contributed by atoms with E-state index < -0.39 is 5.97 Å². The lowest BCUT2D eigenvalue weighted by molar-refractivity contribution is -0.255. The second-order valence-electron chi connectivity index (χ2n) is 5.03. The molecular weight excluding hydrogens is 326 g/mol. The van der Waals surface area contributed by atoms with Crippen molar-refractivity contribution in [2.45, 2.75) is 0 Å². The molecule has 0 radical (unpaired) electrons. The number of aromatic carboxylic acids is 1. The van der Waals surface area contributed by atoms with Gasteiger partial charge in [-0.2, -0.15) is 10.1 Å². The van der Waals surface area contributed by atoms with E-state index in [0.717, 1.165) is 10.7 Å². The lowest BCUT2D eigenvalue weighted by Crippen LogP contribution is -2.29. The Bertz CT molecular complexity index is 836. The van der Waals surface area contributed by atoms with E-state index in [-0.39, 0.29) is 23.1 Å². The summed E-state index contributed by atoms with van der Waals surface area (Å²) in [6, 6.07) is 15.5. The summed E-state index contributed by atoms with van der Waals surface area (Å²) in [5.74, 6) is -1.59. The fourth-order valence-electron chi connectivity index (χ4n) is 2.33. The van der Waals surface area contributed by atoms with Gasteiger partial charge in [0.2, 0.25) is 5.11 Å². The number of hydrogen-bond acceptors (Lipinski definition) is 5. The maximum absolute atomic E-state index is 12.2. The molecule has 1 aliphatic rings. The number of carboxylic acid groups (broad SMARTS) is 1. The van der Waals surface area contributed by atoms with E-state index in [4.69, 9.17) is 12.2 Å². The number of hydrazone groups is 1. The predicted octanol–water partition coefficient (Wildman–Crippen LogP) is 1.02. The number of para-hydroxylation sites is 1. The molecule has 0 aliphatic carbocycles. The van der Waals surface area contributed by atoms with Gasteiger partial charge >= 0.3 is 0 Å². The van der Waals surface area contributed by atoms with Crippen LogP contribution in [0.15, 0.2) is 59.7 Å². The van der Waals surface area contributed by atoms with Crippen molar-refractivity contribution >= 4 is 41.1 Å². The summed E-state index contributed by atoms with van der Waals surface area (Å²) in [5.41, 5.74) is 1.13. The third-order valence-corrected chi connectivity index (χ3v) is 3.90. The molecule has 1 amide bonds. The third kappa shape index (κ3) is 3.02. The van der Waals surface area contributed by atoms with Crippen molar-refractivity contribution in [1.29, 1.82) is 0 Å². The minimum atomic E-state index is -1.31. The quantitative estimate of drug-likeness (QED) is 0.614. The molecule has 6 nitrogen and oxygen atoms in total. The number of rotatable bonds is 4. The molecule has 2 aromatic carbocycles. The second kappa shape index (κ2) is 6.59. The van der Waals surface area contributed by atoms with Gasteiger partial charge in [0, 0.05) is 16.8 Å². The van der Waals surface area contributed by atoms with Gasteiger partial charge in [-0.15, -0.1) is 0 Å². The summed E-state index contributed by atoms with van der Waals surface area (Å²) in [4.78, 5) is 24.9. The maximum atomic E-state index is 12.2.